The van der Waals surface area contributed by atoms with Gasteiger partial charge in [-0.1, -0.05) is 32.9 Å². The van der Waals surface area contributed by atoms with Crippen LogP contribution in [0.4, 0.5) is 0 Å². The Hall–Kier alpha value is -1.29. The Morgan fingerprint density at radius 3 is 2.70 bits per heavy atom. The smallest absolute Gasteiger partial charge is 0.257 e. The van der Waals surface area contributed by atoms with E-state index in [0.717, 1.165) is 19.4 Å². The lowest BCUT2D eigenvalue weighted by molar-refractivity contribution is -0.124. The Morgan fingerprint density at radius 2 is 2.05 bits per heavy atom. The highest BCUT2D eigenvalue weighted by Crippen LogP contribution is 2.00. The average Bonchev–Trinajstić information content (AvgIpc) is 2.46. The minimum Gasteiger partial charge on any atom is -0.491 e. The summed E-state index contributed by atoms with van der Waals surface area (Å²) in [5.74, 6) is -0.0795. The first-order valence-corrected chi connectivity index (χ1v) is 7.63. The molecule has 0 aromatic carbocycles. The minimum absolute atomic E-state index is 0.0665. The highest BCUT2D eigenvalue weighted by atomic mass is 16.5. The molecule has 0 aliphatic rings. The van der Waals surface area contributed by atoms with Crippen LogP contribution in [0.25, 0.3) is 0 Å². The van der Waals surface area contributed by atoms with Gasteiger partial charge in [0, 0.05) is 12.6 Å². The number of amides is 1. The maximum atomic E-state index is 11.4. The van der Waals surface area contributed by atoms with E-state index in [0.29, 0.717) is 12.6 Å². The van der Waals surface area contributed by atoms with Gasteiger partial charge in [0.05, 0.1) is 6.26 Å². The topological polar surface area (TPSA) is 50.4 Å². The standard InChI is InChI=1S/C16H30N2O2/c1-4-7-13-20-14-16(19)18-12-9-8-11-17-15(6-3)10-5-2/h4,7,13,15,17H,1,5-6,8-12,14H2,2-3H3,(H,18,19)/b13-7+. The monoisotopic (exact) mass is 282 g/mol. The summed E-state index contributed by atoms with van der Waals surface area (Å²) in [5, 5.41) is 6.39. The number of unbranched alkanes of at least 4 members (excludes halogenated alkanes) is 1. The molecule has 0 saturated heterocycles. The van der Waals surface area contributed by atoms with Crippen LogP contribution in [0, 0.1) is 0 Å². The van der Waals surface area contributed by atoms with Crippen molar-refractivity contribution in [1.82, 2.24) is 10.6 Å². The SMILES string of the molecule is C=C/C=C/OCC(=O)NCCCCNC(CC)CCC. The van der Waals surface area contributed by atoms with Crippen molar-refractivity contribution in [3.05, 3.63) is 25.0 Å². The van der Waals surface area contributed by atoms with E-state index in [9.17, 15) is 4.79 Å². The molecular formula is C16H30N2O2. The largest absolute Gasteiger partial charge is 0.491 e. The molecule has 1 unspecified atom stereocenters. The zero-order valence-electron chi connectivity index (χ0n) is 13.0. The zero-order chi connectivity index (χ0) is 15.1. The van der Waals surface area contributed by atoms with Gasteiger partial charge in [-0.15, -0.1) is 0 Å². The second-order valence-electron chi connectivity index (χ2n) is 4.78. The first-order chi connectivity index (χ1) is 9.74. The second-order valence-corrected chi connectivity index (χ2v) is 4.78. The van der Waals surface area contributed by atoms with E-state index in [1.54, 1.807) is 12.2 Å². The molecule has 1 amide bonds. The summed E-state index contributed by atoms with van der Waals surface area (Å²) in [7, 11) is 0. The first-order valence-electron chi connectivity index (χ1n) is 7.63. The Labute approximate surface area is 123 Å². The lowest BCUT2D eigenvalue weighted by Crippen LogP contribution is -2.31. The molecule has 4 nitrogen and oxygen atoms in total. The predicted octanol–water partition coefficient (Wildman–Crippen LogP) is 2.77. The molecule has 0 radical (unpaired) electrons. The van der Waals surface area contributed by atoms with Gasteiger partial charge in [-0.05, 0) is 38.3 Å². The summed E-state index contributed by atoms with van der Waals surface area (Å²) in [4.78, 5) is 11.4. The highest BCUT2D eigenvalue weighted by molar-refractivity contribution is 5.77. The van der Waals surface area contributed by atoms with Crippen LogP contribution < -0.4 is 10.6 Å². The molecule has 0 aromatic rings. The number of carbonyl (C=O) groups is 1. The van der Waals surface area contributed by atoms with Crippen molar-refractivity contribution in [3.8, 4) is 0 Å². The molecule has 1 atom stereocenters. The van der Waals surface area contributed by atoms with E-state index in [1.807, 2.05) is 0 Å². The van der Waals surface area contributed by atoms with Gasteiger partial charge in [0.2, 0.25) is 0 Å². The van der Waals surface area contributed by atoms with Crippen molar-refractivity contribution in [2.75, 3.05) is 19.7 Å². The van der Waals surface area contributed by atoms with Crippen molar-refractivity contribution in [2.24, 2.45) is 0 Å². The Bertz CT molecular complexity index is 278. The van der Waals surface area contributed by atoms with Gasteiger partial charge in [0.25, 0.3) is 5.91 Å². The summed E-state index contributed by atoms with van der Waals surface area (Å²) in [6.45, 7) is 9.74. The Balaban J connectivity index is 3.40. The molecule has 0 fully saturated rings. The molecule has 4 heteroatoms. The van der Waals surface area contributed by atoms with Crippen molar-refractivity contribution >= 4 is 5.91 Å². The molecule has 0 rings (SSSR count). The van der Waals surface area contributed by atoms with Crippen molar-refractivity contribution < 1.29 is 9.53 Å². The van der Waals surface area contributed by atoms with Crippen LogP contribution in [0.5, 0.6) is 0 Å². The third kappa shape index (κ3) is 11.8. The van der Waals surface area contributed by atoms with E-state index >= 15 is 0 Å². The van der Waals surface area contributed by atoms with Crippen LogP contribution in [-0.2, 0) is 9.53 Å². The highest BCUT2D eigenvalue weighted by Gasteiger charge is 2.03. The summed E-state index contributed by atoms with van der Waals surface area (Å²) in [6, 6.07) is 0.639. The Morgan fingerprint density at radius 1 is 1.30 bits per heavy atom. The molecule has 116 valence electrons. The lowest BCUT2D eigenvalue weighted by atomic mass is 10.1. The lowest BCUT2D eigenvalue weighted by Gasteiger charge is -2.15. The van der Waals surface area contributed by atoms with E-state index in [2.05, 4.69) is 31.1 Å². The van der Waals surface area contributed by atoms with Gasteiger partial charge >= 0.3 is 0 Å². The number of nitrogens with one attached hydrogen (secondary N) is 2. The second kappa shape index (κ2) is 14.1. The fraction of sp³-hybridized carbons (Fsp3) is 0.688. The maximum absolute atomic E-state index is 11.4. The third-order valence-corrected chi connectivity index (χ3v) is 3.01. The third-order valence-electron chi connectivity index (χ3n) is 3.01. The molecule has 0 aliphatic carbocycles. The number of ether oxygens (including phenoxy) is 1. The summed E-state index contributed by atoms with van der Waals surface area (Å²) >= 11 is 0. The maximum Gasteiger partial charge on any atom is 0.257 e. The van der Waals surface area contributed by atoms with Gasteiger partial charge in [0.15, 0.2) is 6.61 Å². The quantitative estimate of drug-likeness (QED) is 0.310. The number of allylic oxidation sites excluding steroid dienone is 2. The van der Waals surface area contributed by atoms with Crippen LogP contribution in [0.1, 0.15) is 46.0 Å². The van der Waals surface area contributed by atoms with Crippen LogP contribution >= 0.6 is 0 Å². The van der Waals surface area contributed by atoms with Crippen molar-refractivity contribution in [2.45, 2.75) is 52.0 Å². The van der Waals surface area contributed by atoms with Crippen LogP contribution in [0.3, 0.4) is 0 Å². The van der Waals surface area contributed by atoms with Gasteiger partial charge in [-0.2, -0.15) is 0 Å². The molecule has 0 bridgehead atoms. The van der Waals surface area contributed by atoms with Gasteiger partial charge in [-0.25, -0.2) is 0 Å². The number of hydrogen-bond acceptors (Lipinski definition) is 3. The van der Waals surface area contributed by atoms with E-state index < -0.39 is 0 Å². The molecule has 0 spiro atoms. The molecule has 0 heterocycles. The predicted molar refractivity (Wildman–Crippen MR) is 84.5 cm³/mol. The van der Waals surface area contributed by atoms with Gasteiger partial charge < -0.3 is 15.4 Å². The van der Waals surface area contributed by atoms with E-state index in [-0.39, 0.29) is 12.5 Å². The number of rotatable bonds is 13. The van der Waals surface area contributed by atoms with Gasteiger partial charge in [-0.3, -0.25) is 4.79 Å². The molecule has 0 aliphatic heterocycles. The zero-order valence-corrected chi connectivity index (χ0v) is 13.0. The van der Waals surface area contributed by atoms with Crippen LogP contribution in [-0.4, -0.2) is 31.6 Å². The fourth-order valence-electron chi connectivity index (χ4n) is 1.87. The first kappa shape index (κ1) is 18.7. The van der Waals surface area contributed by atoms with E-state index in [1.165, 1.54) is 25.5 Å². The summed E-state index contributed by atoms with van der Waals surface area (Å²) < 4.78 is 5.01. The number of carbonyl (C=O) groups excluding carboxylic acids is 1. The van der Waals surface area contributed by atoms with Crippen LogP contribution in [0.2, 0.25) is 0 Å². The average molecular weight is 282 g/mol. The summed E-state index contributed by atoms with van der Waals surface area (Å²) in [5.41, 5.74) is 0. The van der Waals surface area contributed by atoms with Crippen molar-refractivity contribution in [3.63, 3.8) is 0 Å². The van der Waals surface area contributed by atoms with Crippen LogP contribution in [0.15, 0.2) is 25.0 Å². The molecule has 0 aromatic heterocycles. The molecule has 20 heavy (non-hydrogen) atoms. The summed E-state index contributed by atoms with van der Waals surface area (Å²) in [6.07, 6.45) is 10.4. The molecule has 0 saturated carbocycles. The molecular weight excluding hydrogens is 252 g/mol. The minimum atomic E-state index is -0.0795. The van der Waals surface area contributed by atoms with Gasteiger partial charge in [0.1, 0.15) is 0 Å². The van der Waals surface area contributed by atoms with E-state index in [4.69, 9.17) is 4.74 Å². The normalized spacial score (nSPS) is 12.3. The fourth-order valence-corrected chi connectivity index (χ4v) is 1.87. The number of hydrogen-bond donors (Lipinski definition) is 2. The Kier molecular flexibility index (Phi) is 13.2. The molecule has 2 N–H and O–H groups in total. The van der Waals surface area contributed by atoms with Crippen molar-refractivity contribution in [1.29, 1.82) is 0 Å².